The number of ether oxygens (including phenoxy) is 3. The molecule has 2 aromatic carbocycles. The molecule has 4 nitrogen and oxygen atoms in total. The van der Waals surface area contributed by atoms with Gasteiger partial charge in [-0.3, -0.25) is 0 Å². The second-order valence-corrected chi connectivity index (χ2v) is 6.36. The number of hydrogen-bond acceptors (Lipinski definition) is 4. The number of benzene rings is 2. The second-order valence-electron chi connectivity index (χ2n) is 6.36. The molecular formula is C21H29NO3. The zero-order chi connectivity index (χ0) is 17.9. The Kier molecular flexibility index (Phi) is 8.13. The van der Waals surface area contributed by atoms with Crippen molar-refractivity contribution in [1.29, 1.82) is 0 Å². The van der Waals surface area contributed by atoms with Crippen molar-refractivity contribution in [3.63, 3.8) is 0 Å². The van der Waals surface area contributed by atoms with E-state index in [0.717, 1.165) is 35.8 Å². The minimum absolute atomic E-state index is 0.548. The molecule has 0 unspecified atom stereocenters. The number of para-hydroxylation sites is 1. The second kappa shape index (κ2) is 10.6. The predicted molar refractivity (Wildman–Crippen MR) is 103 cm³/mol. The van der Waals surface area contributed by atoms with Crippen molar-refractivity contribution in [3.05, 3.63) is 54.1 Å². The molecule has 2 aromatic rings. The van der Waals surface area contributed by atoms with E-state index in [1.807, 2.05) is 42.5 Å². The maximum Gasteiger partial charge on any atom is 0.124 e. The first-order valence-electron chi connectivity index (χ1n) is 8.85. The largest absolute Gasteiger partial charge is 0.494 e. The maximum atomic E-state index is 5.82. The summed E-state index contributed by atoms with van der Waals surface area (Å²) in [4.78, 5) is 0. The van der Waals surface area contributed by atoms with E-state index < -0.39 is 0 Å². The predicted octanol–water partition coefficient (Wildman–Crippen LogP) is 4.75. The third-order valence-corrected chi connectivity index (χ3v) is 3.80. The molecule has 0 saturated heterocycles. The van der Waals surface area contributed by atoms with Crippen molar-refractivity contribution in [1.82, 2.24) is 0 Å². The highest BCUT2D eigenvalue weighted by atomic mass is 16.5. The molecule has 0 aliphatic heterocycles. The van der Waals surface area contributed by atoms with Gasteiger partial charge in [0.1, 0.15) is 18.1 Å². The van der Waals surface area contributed by atoms with E-state index in [-0.39, 0.29) is 0 Å². The van der Waals surface area contributed by atoms with Crippen LogP contribution in [0.4, 0.5) is 5.69 Å². The van der Waals surface area contributed by atoms with E-state index in [9.17, 15) is 0 Å². The number of methoxy groups -OCH3 is 1. The molecule has 0 aliphatic carbocycles. The van der Waals surface area contributed by atoms with Crippen LogP contribution < -0.4 is 14.8 Å². The van der Waals surface area contributed by atoms with Crippen LogP contribution in [0.5, 0.6) is 11.5 Å². The Bertz CT molecular complexity index is 628. The summed E-state index contributed by atoms with van der Waals surface area (Å²) >= 11 is 0. The zero-order valence-corrected chi connectivity index (χ0v) is 15.5. The lowest BCUT2D eigenvalue weighted by Crippen LogP contribution is -2.08. The average molecular weight is 343 g/mol. The third kappa shape index (κ3) is 7.06. The lowest BCUT2D eigenvalue weighted by Gasteiger charge is -2.13. The van der Waals surface area contributed by atoms with Gasteiger partial charge in [0.05, 0.1) is 13.2 Å². The summed E-state index contributed by atoms with van der Waals surface area (Å²) in [6, 6.07) is 16.1. The number of nitrogens with one attached hydrogen (secondary N) is 1. The van der Waals surface area contributed by atoms with Gasteiger partial charge in [-0.1, -0.05) is 38.1 Å². The average Bonchev–Trinajstić information content (AvgIpc) is 2.61. The van der Waals surface area contributed by atoms with Crippen LogP contribution in [-0.2, 0) is 11.3 Å². The summed E-state index contributed by atoms with van der Waals surface area (Å²) in [5, 5.41) is 3.44. The molecule has 0 atom stereocenters. The summed E-state index contributed by atoms with van der Waals surface area (Å²) in [5.41, 5.74) is 2.15. The van der Waals surface area contributed by atoms with Crippen molar-refractivity contribution < 1.29 is 14.2 Å². The fourth-order valence-electron chi connectivity index (χ4n) is 2.33. The quantitative estimate of drug-likeness (QED) is 0.598. The van der Waals surface area contributed by atoms with Crippen molar-refractivity contribution in [2.75, 3.05) is 32.2 Å². The fourth-order valence-corrected chi connectivity index (χ4v) is 2.33. The molecule has 1 N–H and O–H groups in total. The third-order valence-electron chi connectivity index (χ3n) is 3.80. The van der Waals surface area contributed by atoms with Gasteiger partial charge in [0, 0.05) is 31.0 Å². The van der Waals surface area contributed by atoms with Gasteiger partial charge < -0.3 is 19.5 Å². The number of rotatable bonds is 11. The molecular weight excluding hydrogens is 314 g/mol. The standard InChI is InChI=1S/C21H29NO3/c1-17(2)11-12-24-20-9-6-8-19(15-20)22-16-18-7-4-5-10-21(18)25-14-13-23-3/h4-10,15,17,22H,11-14,16H2,1-3H3. The van der Waals surface area contributed by atoms with Gasteiger partial charge >= 0.3 is 0 Å². The van der Waals surface area contributed by atoms with E-state index in [2.05, 4.69) is 25.2 Å². The summed E-state index contributed by atoms with van der Waals surface area (Å²) in [6.45, 7) is 6.97. The van der Waals surface area contributed by atoms with Gasteiger partial charge in [0.2, 0.25) is 0 Å². The van der Waals surface area contributed by atoms with Crippen LogP contribution >= 0.6 is 0 Å². The highest BCUT2D eigenvalue weighted by Gasteiger charge is 2.04. The topological polar surface area (TPSA) is 39.7 Å². The Labute approximate surface area is 151 Å². The summed E-state index contributed by atoms with van der Waals surface area (Å²) in [7, 11) is 1.67. The van der Waals surface area contributed by atoms with Crippen LogP contribution in [0.2, 0.25) is 0 Å². The molecule has 25 heavy (non-hydrogen) atoms. The Morgan fingerprint density at radius 1 is 0.920 bits per heavy atom. The van der Waals surface area contributed by atoms with Gasteiger partial charge in [0.25, 0.3) is 0 Å². The molecule has 0 heterocycles. The highest BCUT2D eigenvalue weighted by Crippen LogP contribution is 2.22. The monoisotopic (exact) mass is 343 g/mol. The van der Waals surface area contributed by atoms with Crippen molar-refractivity contribution in [3.8, 4) is 11.5 Å². The van der Waals surface area contributed by atoms with Gasteiger partial charge in [0.15, 0.2) is 0 Å². The van der Waals surface area contributed by atoms with E-state index in [1.54, 1.807) is 7.11 Å². The van der Waals surface area contributed by atoms with Gasteiger partial charge in [-0.2, -0.15) is 0 Å². The van der Waals surface area contributed by atoms with Crippen LogP contribution in [0.25, 0.3) is 0 Å². The lowest BCUT2D eigenvalue weighted by molar-refractivity contribution is 0.146. The normalized spacial score (nSPS) is 10.7. The summed E-state index contributed by atoms with van der Waals surface area (Å²) < 4.78 is 16.6. The molecule has 0 amide bonds. The van der Waals surface area contributed by atoms with Crippen LogP contribution in [0.1, 0.15) is 25.8 Å². The molecule has 0 radical (unpaired) electrons. The van der Waals surface area contributed by atoms with Crippen LogP contribution in [0, 0.1) is 5.92 Å². The summed E-state index contributed by atoms with van der Waals surface area (Å²) in [5.74, 6) is 2.43. The molecule has 0 aliphatic rings. The van der Waals surface area contributed by atoms with Crippen LogP contribution in [0.15, 0.2) is 48.5 Å². The van der Waals surface area contributed by atoms with Crippen molar-refractivity contribution >= 4 is 5.69 Å². The summed E-state index contributed by atoms with van der Waals surface area (Å²) in [6.07, 6.45) is 1.06. The molecule has 0 bridgehead atoms. The van der Waals surface area contributed by atoms with E-state index in [1.165, 1.54) is 0 Å². The molecule has 0 spiro atoms. The fraction of sp³-hybridized carbons (Fsp3) is 0.429. The Morgan fingerprint density at radius 3 is 2.56 bits per heavy atom. The number of anilines is 1. The Hall–Kier alpha value is -2.20. The van der Waals surface area contributed by atoms with E-state index in [0.29, 0.717) is 25.7 Å². The first-order chi connectivity index (χ1) is 12.2. The molecule has 2 rings (SSSR count). The van der Waals surface area contributed by atoms with Gasteiger partial charge in [-0.25, -0.2) is 0 Å². The van der Waals surface area contributed by atoms with Gasteiger partial charge in [-0.15, -0.1) is 0 Å². The van der Waals surface area contributed by atoms with Gasteiger partial charge in [-0.05, 0) is 30.5 Å². The smallest absolute Gasteiger partial charge is 0.124 e. The Morgan fingerprint density at radius 2 is 1.76 bits per heavy atom. The van der Waals surface area contributed by atoms with Crippen molar-refractivity contribution in [2.45, 2.75) is 26.8 Å². The molecule has 136 valence electrons. The SMILES string of the molecule is COCCOc1ccccc1CNc1cccc(OCCC(C)C)c1. The van der Waals surface area contributed by atoms with Crippen molar-refractivity contribution in [2.24, 2.45) is 5.92 Å². The molecule has 0 aromatic heterocycles. The van der Waals surface area contributed by atoms with Crippen LogP contribution in [-0.4, -0.2) is 26.9 Å². The zero-order valence-electron chi connectivity index (χ0n) is 15.5. The first-order valence-corrected chi connectivity index (χ1v) is 8.85. The highest BCUT2D eigenvalue weighted by molar-refractivity contribution is 5.49. The first kappa shape index (κ1) is 19.1. The minimum atomic E-state index is 0.548. The maximum absolute atomic E-state index is 5.82. The Balaban J connectivity index is 1.90. The lowest BCUT2D eigenvalue weighted by atomic mass is 10.1. The van der Waals surface area contributed by atoms with E-state index in [4.69, 9.17) is 14.2 Å². The van der Waals surface area contributed by atoms with E-state index >= 15 is 0 Å². The molecule has 4 heteroatoms. The molecule has 0 saturated carbocycles. The molecule has 0 fully saturated rings. The minimum Gasteiger partial charge on any atom is -0.494 e. The van der Waals surface area contributed by atoms with Crippen LogP contribution in [0.3, 0.4) is 0 Å². The number of hydrogen-bond donors (Lipinski definition) is 1.